The molecule has 1 N–H and O–H groups in total. The van der Waals surface area contributed by atoms with Crippen LogP contribution in [0.5, 0.6) is 0 Å². The minimum Gasteiger partial charge on any atom is -0.472 e. The summed E-state index contributed by atoms with van der Waals surface area (Å²) in [6, 6.07) is 1.52. The van der Waals surface area contributed by atoms with Crippen LogP contribution in [0, 0.1) is 11.8 Å². The lowest BCUT2D eigenvalue weighted by Crippen LogP contribution is -2.36. The van der Waals surface area contributed by atoms with Gasteiger partial charge in [0.15, 0.2) is 0 Å². The molecule has 0 bridgehead atoms. The molecular formula is C12H15F3O2. The molecule has 2 nitrogen and oxygen atoms in total. The lowest BCUT2D eigenvalue weighted by Gasteiger charge is -2.35. The van der Waals surface area contributed by atoms with Crippen molar-refractivity contribution in [2.24, 2.45) is 11.8 Å². The molecule has 96 valence electrons. The van der Waals surface area contributed by atoms with E-state index in [4.69, 9.17) is 4.42 Å². The van der Waals surface area contributed by atoms with Gasteiger partial charge in [0, 0.05) is 11.5 Å². The molecule has 1 aliphatic carbocycles. The van der Waals surface area contributed by atoms with E-state index < -0.39 is 24.1 Å². The van der Waals surface area contributed by atoms with Gasteiger partial charge in [-0.3, -0.25) is 0 Å². The summed E-state index contributed by atoms with van der Waals surface area (Å²) in [7, 11) is 0. The van der Waals surface area contributed by atoms with Gasteiger partial charge in [-0.15, -0.1) is 0 Å². The van der Waals surface area contributed by atoms with E-state index in [-0.39, 0.29) is 6.42 Å². The molecule has 17 heavy (non-hydrogen) atoms. The molecule has 3 unspecified atom stereocenters. The van der Waals surface area contributed by atoms with Crippen molar-refractivity contribution in [2.45, 2.75) is 38.0 Å². The molecule has 3 atom stereocenters. The van der Waals surface area contributed by atoms with Crippen molar-refractivity contribution in [3.8, 4) is 0 Å². The summed E-state index contributed by atoms with van der Waals surface area (Å²) in [5, 5.41) is 10.0. The van der Waals surface area contributed by atoms with Gasteiger partial charge in [-0.25, -0.2) is 0 Å². The zero-order valence-corrected chi connectivity index (χ0v) is 9.28. The lowest BCUT2D eigenvalue weighted by molar-refractivity contribution is -0.207. The highest BCUT2D eigenvalue weighted by atomic mass is 19.4. The molecule has 1 aromatic heterocycles. The summed E-state index contributed by atoms with van der Waals surface area (Å²) in [6.07, 6.45) is -0.780. The Morgan fingerprint density at radius 3 is 2.59 bits per heavy atom. The smallest absolute Gasteiger partial charge is 0.392 e. The number of hydrogen-bond acceptors (Lipinski definition) is 2. The minimum absolute atomic E-state index is 0.114. The Kier molecular flexibility index (Phi) is 3.47. The standard InChI is InChI=1S/C12H15F3O2/c13-12(14,15)10-4-2-1-3-9(10)11(16)8-5-6-17-7-8/h5-7,9-11,16H,1-4H2. The average molecular weight is 248 g/mol. The van der Waals surface area contributed by atoms with Crippen LogP contribution in [0.2, 0.25) is 0 Å². The van der Waals surface area contributed by atoms with E-state index in [0.717, 1.165) is 6.42 Å². The van der Waals surface area contributed by atoms with Gasteiger partial charge < -0.3 is 9.52 Å². The van der Waals surface area contributed by atoms with E-state index in [9.17, 15) is 18.3 Å². The fourth-order valence-corrected chi connectivity index (χ4v) is 2.63. The van der Waals surface area contributed by atoms with E-state index in [1.807, 2.05) is 0 Å². The van der Waals surface area contributed by atoms with Gasteiger partial charge in [0.2, 0.25) is 0 Å². The van der Waals surface area contributed by atoms with E-state index in [1.165, 1.54) is 18.6 Å². The number of furan rings is 1. The van der Waals surface area contributed by atoms with Crippen LogP contribution >= 0.6 is 0 Å². The van der Waals surface area contributed by atoms with Crippen molar-refractivity contribution in [2.75, 3.05) is 0 Å². The number of rotatable bonds is 2. The van der Waals surface area contributed by atoms with Gasteiger partial charge in [0.05, 0.1) is 24.5 Å². The van der Waals surface area contributed by atoms with Crippen LogP contribution in [0.25, 0.3) is 0 Å². The van der Waals surface area contributed by atoms with Crippen molar-refractivity contribution >= 4 is 0 Å². The topological polar surface area (TPSA) is 33.4 Å². The second-order valence-corrected chi connectivity index (χ2v) is 4.60. The number of alkyl halides is 3. The molecule has 1 aromatic rings. The zero-order valence-electron chi connectivity index (χ0n) is 9.28. The maximum absolute atomic E-state index is 12.9. The molecule has 1 aliphatic rings. The molecule has 0 aromatic carbocycles. The van der Waals surface area contributed by atoms with E-state index in [0.29, 0.717) is 18.4 Å². The summed E-state index contributed by atoms with van der Waals surface area (Å²) >= 11 is 0. The van der Waals surface area contributed by atoms with Crippen molar-refractivity contribution in [1.29, 1.82) is 0 Å². The molecule has 1 saturated carbocycles. The summed E-state index contributed by atoms with van der Waals surface area (Å²) in [5.74, 6) is -2.15. The minimum atomic E-state index is -4.23. The third kappa shape index (κ3) is 2.65. The molecule has 1 heterocycles. The van der Waals surface area contributed by atoms with Crippen LogP contribution < -0.4 is 0 Å². The normalized spacial score (nSPS) is 28.0. The molecular weight excluding hydrogens is 233 g/mol. The van der Waals surface area contributed by atoms with E-state index in [1.54, 1.807) is 0 Å². The molecule has 0 saturated heterocycles. The van der Waals surface area contributed by atoms with E-state index >= 15 is 0 Å². The number of halogens is 3. The highest BCUT2D eigenvalue weighted by Gasteiger charge is 2.47. The number of aliphatic hydroxyl groups is 1. The SMILES string of the molecule is OC(c1ccoc1)C1CCCCC1C(F)(F)F. The van der Waals surface area contributed by atoms with Crippen molar-refractivity contribution in [3.05, 3.63) is 24.2 Å². The molecule has 1 fully saturated rings. The predicted molar refractivity (Wildman–Crippen MR) is 55.2 cm³/mol. The molecule has 0 spiro atoms. The largest absolute Gasteiger partial charge is 0.472 e. The third-order valence-electron chi connectivity index (χ3n) is 3.53. The molecule has 5 heteroatoms. The summed E-state index contributed by atoms with van der Waals surface area (Å²) in [6.45, 7) is 0. The van der Waals surface area contributed by atoms with Gasteiger partial charge in [-0.05, 0) is 18.9 Å². The zero-order chi connectivity index (χ0) is 12.5. The van der Waals surface area contributed by atoms with Crippen LogP contribution in [0.1, 0.15) is 37.4 Å². The summed E-state index contributed by atoms with van der Waals surface area (Å²) in [4.78, 5) is 0. The Labute approximate surface area is 97.4 Å². The lowest BCUT2D eigenvalue weighted by atomic mass is 9.74. The third-order valence-corrected chi connectivity index (χ3v) is 3.53. The molecule has 0 radical (unpaired) electrons. The van der Waals surface area contributed by atoms with Crippen LogP contribution in [-0.4, -0.2) is 11.3 Å². The highest BCUT2D eigenvalue weighted by molar-refractivity contribution is 5.11. The quantitative estimate of drug-likeness (QED) is 0.866. The fraction of sp³-hybridized carbons (Fsp3) is 0.667. The number of hydrogen-bond donors (Lipinski definition) is 1. The first-order valence-corrected chi connectivity index (χ1v) is 5.77. The first kappa shape index (κ1) is 12.5. The molecule has 2 rings (SSSR count). The highest BCUT2D eigenvalue weighted by Crippen LogP contribution is 2.46. The van der Waals surface area contributed by atoms with Gasteiger partial charge in [0.25, 0.3) is 0 Å². The Bertz CT molecular complexity index is 345. The Morgan fingerprint density at radius 1 is 1.29 bits per heavy atom. The maximum atomic E-state index is 12.9. The van der Waals surface area contributed by atoms with E-state index in [2.05, 4.69) is 0 Å². The van der Waals surface area contributed by atoms with Crippen LogP contribution in [0.3, 0.4) is 0 Å². The number of aliphatic hydroxyl groups excluding tert-OH is 1. The molecule has 0 amide bonds. The maximum Gasteiger partial charge on any atom is 0.392 e. The monoisotopic (exact) mass is 248 g/mol. The second kappa shape index (κ2) is 4.72. The fourth-order valence-electron chi connectivity index (χ4n) is 2.63. The predicted octanol–water partition coefficient (Wildman–Crippen LogP) is 3.68. The van der Waals surface area contributed by atoms with Gasteiger partial charge in [-0.1, -0.05) is 12.8 Å². The summed E-state index contributed by atoms with van der Waals surface area (Å²) in [5.41, 5.74) is 0.436. The van der Waals surface area contributed by atoms with Crippen LogP contribution in [0.15, 0.2) is 23.0 Å². The van der Waals surface area contributed by atoms with Crippen LogP contribution in [0.4, 0.5) is 13.2 Å². The van der Waals surface area contributed by atoms with Gasteiger partial charge in [0.1, 0.15) is 0 Å². The van der Waals surface area contributed by atoms with Gasteiger partial charge >= 0.3 is 6.18 Å². The van der Waals surface area contributed by atoms with Crippen molar-refractivity contribution in [3.63, 3.8) is 0 Å². The second-order valence-electron chi connectivity index (χ2n) is 4.60. The Morgan fingerprint density at radius 2 is 2.00 bits per heavy atom. The van der Waals surface area contributed by atoms with Crippen molar-refractivity contribution < 1.29 is 22.7 Å². The Balaban J connectivity index is 2.16. The average Bonchev–Trinajstić information content (AvgIpc) is 2.80. The Hall–Kier alpha value is -0.970. The summed E-state index contributed by atoms with van der Waals surface area (Å²) < 4.78 is 43.4. The first-order valence-electron chi connectivity index (χ1n) is 5.77. The van der Waals surface area contributed by atoms with Crippen molar-refractivity contribution in [1.82, 2.24) is 0 Å². The molecule has 0 aliphatic heterocycles. The van der Waals surface area contributed by atoms with Gasteiger partial charge in [-0.2, -0.15) is 13.2 Å². The first-order chi connectivity index (χ1) is 8.00. The van der Waals surface area contributed by atoms with Crippen LogP contribution in [-0.2, 0) is 0 Å².